The largest absolute Gasteiger partial charge is 0.337 e. The Kier molecular flexibility index (Phi) is 1.54. The number of allylic oxidation sites excluding steroid dienone is 2. The summed E-state index contributed by atoms with van der Waals surface area (Å²) >= 11 is 0. The quantitative estimate of drug-likeness (QED) is 0.629. The first-order chi connectivity index (χ1) is 6.42. The van der Waals surface area contributed by atoms with E-state index in [0.29, 0.717) is 0 Å². The number of nitrogens with zero attached hydrogens (tertiary/aromatic N) is 2. The lowest BCUT2D eigenvalue weighted by molar-refractivity contribution is 0.341. The van der Waals surface area contributed by atoms with Gasteiger partial charge in [-0.25, -0.2) is 4.98 Å². The molecule has 2 atom stereocenters. The van der Waals surface area contributed by atoms with Crippen molar-refractivity contribution < 1.29 is 0 Å². The topological polar surface area (TPSA) is 17.8 Å². The first-order valence-electron chi connectivity index (χ1n) is 5.05. The molecule has 1 saturated carbocycles. The summed E-state index contributed by atoms with van der Waals surface area (Å²) in [6, 6.07) is 0. The van der Waals surface area contributed by atoms with Crippen molar-refractivity contribution in [1.82, 2.24) is 9.55 Å². The number of hydrogen-bond acceptors (Lipinski definition) is 1. The Morgan fingerprint density at radius 2 is 2.46 bits per heavy atom. The van der Waals surface area contributed by atoms with Crippen molar-refractivity contribution in [3.8, 4) is 0 Å². The third-order valence-electron chi connectivity index (χ3n) is 3.43. The molecule has 0 radical (unpaired) electrons. The van der Waals surface area contributed by atoms with Gasteiger partial charge in [0.25, 0.3) is 0 Å². The van der Waals surface area contributed by atoms with Crippen LogP contribution in [0.15, 0.2) is 30.4 Å². The van der Waals surface area contributed by atoms with Crippen molar-refractivity contribution in [1.29, 1.82) is 0 Å². The third-order valence-corrected chi connectivity index (χ3v) is 3.43. The van der Waals surface area contributed by atoms with Crippen LogP contribution >= 0.6 is 0 Å². The molecule has 3 rings (SSSR count). The van der Waals surface area contributed by atoms with Crippen LogP contribution in [0.25, 0.3) is 0 Å². The van der Waals surface area contributed by atoms with Crippen molar-refractivity contribution in [2.75, 3.05) is 0 Å². The summed E-state index contributed by atoms with van der Waals surface area (Å²) in [5.74, 6) is 1.83. The number of rotatable bonds is 2. The molecule has 2 nitrogen and oxygen atoms in total. The van der Waals surface area contributed by atoms with Gasteiger partial charge in [0.2, 0.25) is 0 Å². The van der Waals surface area contributed by atoms with Gasteiger partial charge in [-0.1, -0.05) is 11.6 Å². The zero-order valence-corrected chi connectivity index (χ0v) is 7.69. The number of fused-ring (bicyclic) bond motifs is 2. The highest BCUT2D eigenvalue weighted by atomic mass is 15.0. The fourth-order valence-corrected chi connectivity index (χ4v) is 2.73. The number of imidazole rings is 1. The van der Waals surface area contributed by atoms with E-state index in [0.717, 1.165) is 11.8 Å². The molecule has 0 amide bonds. The van der Waals surface area contributed by atoms with E-state index >= 15 is 0 Å². The van der Waals surface area contributed by atoms with Crippen LogP contribution in [0, 0.1) is 11.8 Å². The minimum absolute atomic E-state index is 0.884. The van der Waals surface area contributed by atoms with Crippen LogP contribution in [0.3, 0.4) is 0 Å². The first kappa shape index (κ1) is 7.36. The Hall–Kier alpha value is -1.05. The first-order valence-corrected chi connectivity index (χ1v) is 5.05. The Balaban J connectivity index is 1.72. The molecule has 0 saturated heterocycles. The molecule has 1 heterocycles. The molecular formula is C11H14N2. The second-order valence-corrected chi connectivity index (χ2v) is 4.29. The average molecular weight is 174 g/mol. The van der Waals surface area contributed by atoms with Crippen LogP contribution < -0.4 is 0 Å². The zero-order valence-electron chi connectivity index (χ0n) is 7.69. The lowest BCUT2D eigenvalue weighted by atomic mass is 9.92. The molecule has 1 fully saturated rings. The fraction of sp³-hybridized carbons (Fsp3) is 0.545. The van der Waals surface area contributed by atoms with Gasteiger partial charge in [-0.2, -0.15) is 0 Å². The summed E-state index contributed by atoms with van der Waals surface area (Å²) in [4.78, 5) is 4.07. The molecular weight excluding hydrogens is 160 g/mol. The van der Waals surface area contributed by atoms with Crippen molar-refractivity contribution in [2.24, 2.45) is 11.8 Å². The monoisotopic (exact) mass is 174 g/mol. The number of aromatic nitrogens is 2. The van der Waals surface area contributed by atoms with Crippen molar-refractivity contribution >= 4 is 0 Å². The van der Waals surface area contributed by atoms with E-state index in [9.17, 15) is 0 Å². The van der Waals surface area contributed by atoms with Gasteiger partial charge in [-0.15, -0.1) is 0 Å². The predicted molar refractivity (Wildman–Crippen MR) is 51.1 cm³/mol. The van der Waals surface area contributed by atoms with E-state index < -0.39 is 0 Å². The normalized spacial score (nSPS) is 30.9. The Morgan fingerprint density at radius 1 is 1.46 bits per heavy atom. The van der Waals surface area contributed by atoms with Gasteiger partial charge in [0.1, 0.15) is 0 Å². The minimum Gasteiger partial charge on any atom is -0.337 e. The van der Waals surface area contributed by atoms with Crippen LogP contribution in [0.5, 0.6) is 0 Å². The van der Waals surface area contributed by atoms with E-state index in [1.54, 1.807) is 5.57 Å². The SMILES string of the molecule is C1=C2CC(C1)C(Cn1ccnc1)C2. The van der Waals surface area contributed by atoms with Gasteiger partial charge in [0.15, 0.2) is 0 Å². The highest BCUT2D eigenvalue weighted by Gasteiger charge is 2.33. The van der Waals surface area contributed by atoms with Crippen molar-refractivity contribution in [2.45, 2.75) is 25.8 Å². The summed E-state index contributed by atoms with van der Waals surface area (Å²) < 4.78 is 2.21. The Bertz CT molecular complexity index is 324. The second-order valence-electron chi connectivity index (χ2n) is 4.29. The molecule has 68 valence electrons. The predicted octanol–water partition coefficient (Wildman–Crippen LogP) is 2.24. The second kappa shape index (κ2) is 2.72. The van der Waals surface area contributed by atoms with E-state index in [4.69, 9.17) is 0 Å². The van der Waals surface area contributed by atoms with Gasteiger partial charge >= 0.3 is 0 Å². The van der Waals surface area contributed by atoms with Gasteiger partial charge < -0.3 is 4.57 Å². The van der Waals surface area contributed by atoms with Gasteiger partial charge in [0.05, 0.1) is 6.33 Å². The molecule has 2 heteroatoms. The van der Waals surface area contributed by atoms with Crippen molar-refractivity contribution in [3.05, 3.63) is 30.4 Å². The smallest absolute Gasteiger partial charge is 0.0946 e. The van der Waals surface area contributed by atoms with Crippen LogP contribution in [-0.4, -0.2) is 9.55 Å². The Labute approximate surface area is 78.3 Å². The number of hydrogen-bond donors (Lipinski definition) is 0. The summed E-state index contributed by atoms with van der Waals surface area (Å²) in [5.41, 5.74) is 1.70. The van der Waals surface area contributed by atoms with Gasteiger partial charge in [0, 0.05) is 18.9 Å². The zero-order chi connectivity index (χ0) is 8.67. The molecule has 0 N–H and O–H groups in total. The van der Waals surface area contributed by atoms with E-state index in [-0.39, 0.29) is 0 Å². The molecule has 1 aromatic rings. The van der Waals surface area contributed by atoms with Gasteiger partial charge in [-0.3, -0.25) is 0 Å². The molecule has 1 aromatic heterocycles. The minimum atomic E-state index is 0.884. The Morgan fingerprint density at radius 3 is 3.08 bits per heavy atom. The third kappa shape index (κ3) is 1.21. The molecule has 2 aliphatic carbocycles. The highest BCUT2D eigenvalue weighted by molar-refractivity contribution is 5.18. The van der Waals surface area contributed by atoms with Crippen molar-refractivity contribution in [3.63, 3.8) is 0 Å². The van der Waals surface area contributed by atoms with Crippen LogP contribution in [0.1, 0.15) is 19.3 Å². The van der Waals surface area contributed by atoms with Crippen LogP contribution in [0.4, 0.5) is 0 Å². The molecule has 2 bridgehead atoms. The summed E-state index contributed by atoms with van der Waals surface area (Å²) in [5, 5.41) is 0. The summed E-state index contributed by atoms with van der Waals surface area (Å²) in [6.07, 6.45) is 12.3. The maximum Gasteiger partial charge on any atom is 0.0946 e. The van der Waals surface area contributed by atoms with E-state index in [1.165, 1.54) is 25.8 Å². The van der Waals surface area contributed by atoms with Crippen LogP contribution in [0.2, 0.25) is 0 Å². The fourth-order valence-electron chi connectivity index (χ4n) is 2.73. The van der Waals surface area contributed by atoms with Crippen LogP contribution in [-0.2, 0) is 6.54 Å². The highest BCUT2D eigenvalue weighted by Crippen LogP contribution is 2.44. The molecule has 0 aromatic carbocycles. The lowest BCUT2D eigenvalue weighted by Crippen LogP contribution is -2.14. The summed E-state index contributed by atoms with van der Waals surface area (Å²) in [7, 11) is 0. The molecule has 13 heavy (non-hydrogen) atoms. The average Bonchev–Trinajstić information content (AvgIpc) is 2.77. The maximum atomic E-state index is 4.07. The molecule has 0 aliphatic heterocycles. The van der Waals surface area contributed by atoms with E-state index in [2.05, 4.69) is 21.8 Å². The van der Waals surface area contributed by atoms with E-state index in [1.807, 2.05) is 12.5 Å². The lowest BCUT2D eigenvalue weighted by Gasteiger charge is -2.18. The summed E-state index contributed by atoms with van der Waals surface area (Å²) in [6.45, 7) is 1.17. The molecule has 2 aliphatic rings. The molecule has 2 unspecified atom stereocenters. The van der Waals surface area contributed by atoms with Gasteiger partial charge in [-0.05, 0) is 31.1 Å². The molecule has 0 spiro atoms. The standard InChI is InChI=1S/C11H14N2/c1-2-10-5-9(1)6-11(10)7-13-4-3-12-8-13/h1,3-4,8,10-11H,2,5-7H2. The maximum absolute atomic E-state index is 4.07.